The average Bonchev–Trinajstić information content (AvgIpc) is 2.58. The van der Waals surface area contributed by atoms with Crippen LogP contribution in [-0.4, -0.2) is 57.0 Å². The standard InChI is InChI=1S/C20H28N2O4Si/c1-27(2,3)11-10-26-14-22-19(24)9-8-18(20(22)25)15-4-6-16(7-5-15)21-12-17(23)13-21/h4-7,18H,8-14H2,1-3H3. The quantitative estimate of drug-likeness (QED) is 0.408. The van der Waals surface area contributed by atoms with E-state index in [2.05, 4.69) is 19.6 Å². The molecule has 1 aromatic rings. The number of rotatable bonds is 7. The van der Waals surface area contributed by atoms with Gasteiger partial charge in [-0.05, 0) is 30.2 Å². The molecule has 2 heterocycles. The van der Waals surface area contributed by atoms with Crippen molar-refractivity contribution >= 4 is 31.4 Å². The molecule has 27 heavy (non-hydrogen) atoms. The number of Topliss-reactive ketones (excluding diaryl/α,β-unsaturated/α-hetero) is 1. The first-order chi connectivity index (χ1) is 12.7. The van der Waals surface area contributed by atoms with Crippen molar-refractivity contribution in [1.29, 1.82) is 0 Å². The first kappa shape index (κ1) is 19.8. The van der Waals surface area contributed by atoms with Crippen molar-refractivity contribution in [1.82, 2.24) is 4.90 Å². The molecular formula is C20H28N2O4Si. The maximum atomic E-state index is 12.8. The normalized spacial score (nSPS) is 20.9. The van der Waals surface area contributed by atoms with E-state index in [1.165, 1.54) is 4.90 Å². The fourth-order valence-electron chi connectivity index (χ4n) is 3.30. The average molecular weight is 389 g/mol. The fourth-order valence-corrected chi connectivity index (χ4v) is 4.05. The molecule has 1 unspecified atom stereocenters. The van der Waals surface area contributed by atoms with Crippen LogP contribution >= 0.6 is 0 Å². The van der Waals surface area contributed by atoms with E-state index < -0.39 is 8.07 Å². The van der Waals surface area contributed by atoms with E-state index in [-0.39, 0.29) is 30.2 Å². The predicted octanol–water partition coefficient (Wildman–Crippen LogP) is 2.62. The summed E-state index contributed by atoms with van der Waals surface area (Å²) in [5, 5.41) is 0. The van der Waals surface area contributed by atoms with E-state index >= 15 is 0 Å². The number of carbonyl (C=O) groups is 3. The van der Waals surface area contributed by atoms with Gasteiger partial charge in [0.1, 0.15) is 6.73 Å². The van der Waals surface area contributed by atoms with Crippen molar-refractivity contribution in [3.8, 4) is 0 Å². The molecule has 6 nitrogen and oxygen atoms in total. The molecule has 2 amide bonds. The van der Waals surface area contributed by atoms with Crippen molar-refractivity contribution in [2.24, 2.45) is 0 Å². The molecule has 0 aromatic heterocycles. The summed E-state index contributed by atoms with van der Waals surface area (Å²) in [5.41, 5.74) is 1.90. The highest BCUT2D eigenvalue weighted by Crippen LogP contribution is 2.30. The van der Waals surface area contributed by atoms with Crippen molar-refractivity contribution in [2.45, 2.75) is 44.4 Å². The Kier molecular flexibility index (Phi) is 5.81. The van der Waals surface area contributed by atoms with Crippen LogP contribution in [0.5, 0.6) is 0 Å². The number of ether oxygens (including phenoxy) is 1. The highest BCUT2D eigenvalue weighted by Gasteiger charge is 2.35. The summed E-state index contributed by atoms with van der Waals surface area (Å²) in [5.74, 6) is -0.397. The molecule has 3 rings (SSSR count). The van der Waals surface area contributed by atoms with Gasteiger partial charge in [-0.3, -0.25) is 19.3 Å². The second kappa shape index (κ2) is 7.94. The van der Waals surface area contributed by atoms with Gasteiger partial charge in [-0.2, -0.15) is 0 Å². The molecule has 0 bridgehead atoms. The molecule has 2 aliphatic rings. The first-order valence-electron chi connectivity index (χ1n) is 9.53. The second-order valence-corrected chi connectivity index (χ2v) is 14.2. The Bertz CT molecular complexity index is 718. The van der Waals surface area contributed by atoms with Crippen molar-refractivity contribution in [3.05, 3.63) is 29.8 Å². The van der Waals surface area contributed by atoms with Gasteiger partial charge in [0.25, 0.3) is 0 Å². The number of hydrogen-bond donors (Lipinski definition) is 0. The molecule has 2 aliphatic heterocycles. The van der Waals surface area contributed by atoms with Crippen molar-refractivity contribution in [2.75, 3.05) is 31.3 Å². The zero-order valence-corrected chi connectivity index (χ0v) is 17.4. The number of nitrogens with zero attached hydrogens (tertiary/aromatic N) is 2. The third-order valence-corrected chi connectivity index (χ3v) is 6.83. The minimum Gasteiger partial charge on any atom is -0.361 e. The Morgan fingerprint density at radius 2 is 1.74 bits per heavy atom. The Hall–Kier alpha value is -1.99. The molecule has 146 valence electrons. The largest absolute Gasteiger partial charge is 0.361 e. The number of imide groups is 1. The van der Waals surface area contributed by atoms with Crippen LogP contribution in [-0.2, 0) is 19.1 Å². The summed E-state index contributed by atoms with van der Waals surface area (Å²) in [7, 11) is -1.20. The number of anilines is 1. The van der Waals surface area contributed by atoms with Crippen LogP contribution in [0, 0.1) is 0 Å². The summed E-state index contributed by atoms with van der Waals surface area (Å²) in [4.78, 5) is 39.4. The van der Waals surface area contributed by atoms with Gasteiger partial charge in [-0.1, -0.05) is 31.8 Å². The molecule has 0 aliphatic carbocycles. The Balaban J connectivity index is 1.60. The number of piperidine rings is 1. The number of amides is 2. The summed E-state index contributed by atoms with van der Waals surface area (Å²) < 4.78 is 5.64. The van der Waals surface area contributed by atoms with Gasteiger partial charge in [-0.25, -0.2) is 0 Å². The van der Waals surface area contributed by atoms with Crippen LogP contribution in [0.1, 0.15) is 24.3 Å². The Morgan fingerprint density at radius 1 is 1.07 bits per heavy atom. The zero-order chi connectivity index (χ0) is 19.6. The summed E-state index contributed by atoms with van der Waals surface area (Å²) in [6, 6.07) is 8.76. The van der Waals surface area contributed by atoms with Gasteiger partial charge in [0.05, 0.1) is 19.0 Å². The zero-order valence-electron chi connectivity index (χ0n) is 16.4. The maximum absolute atomic E-state index is 12.8. The van der Waals surface area contributed by atoms with E-state index in [4.69, 9.17) is 4.74 Å². The molecule has 0 radical (unpaired) electrons. The molecule has 2 fully saturated rings. The summed E-state index contributed by atoms with van der Waals surface area (Å²) >= 11 is 0. The third kappa shape index (κ3) is 4.84. The molecule has 0 spiro atoms. The SMILES string of the molecule is C[Si](C)(C)CCOCN1C(=O)CCC(c2ccc(N3CC(=O)C3)cc2)C1=O. The monoisotopic (exact) mass is 388 g/mol. The van der Waals surface area contributed by atoms with Gasteiger partial charge in [-0.15, -0.1) is 0 Å². The molecule has 1 aromatic carbocycles. The molecule has 2 saturated heterocycles. The smallest absolute Gasteiger partial charge is 0.238 e. The molecule has 1 atom stereocenters. The number of benzene rings is 1. The van der Waals surface area contributed by atoms with Crippen LogP contribution < -0.4 is 4.90 Å². The van der Waals surface area contributed by atoms with Crippen LogP contribution in [0.25, 0.3) is 0 Å². The highest BCUT2D eigenvalue weighted by atomic mass is 28.3. The van der Waals surface area contributed by atoms with Crippen LogP contribution in [0.2, 0.25) is 25.7 Å². The van der Waals surface area contributed by atoms with E-state index in [9.17, 15) is 14.4 Å². The number of likely N-dealkylation sites (tertiary alicyclic amines) is 1. The molecular weight excluding hydrogens is 360 g/mol. The van der Waals surface area contributed by atoms with Crippen molar-refractivity contribution in [3.63, 3.8) is 0 Å². The summed E-state index contributed by atoms with van der Waals surface area (Å²) in [6.07, 6.45) is 0.890. The van der Waals surface area contributed by atoms with Gasteiger partial charge in [0.2, 0.25) is 11.8 Å². The van der Waals surface area contributed by atoms with Crippen molar-refractivity contribution < 1.29 is 19.1 Å². The molecule has 0 N–H and O–H groups in total. The number of carbonyl (C=O) groups excluding carboxylic acids is 3. The number of hydrogen-bond acceptors (Lipinski definition) is 5. The van der Waals surface area contributed by atoms with E-state index in [1.807, 2.05) is 29.2 Å². The molecule has 0 saturated carbocycles. The third-order valence-electron chi connectivity index (χ3n) is 5.12. The van der Waals surface area contributed by atoms with E-state index in [0.717, 1.165) is 17.3 Å². The fraction of sp³-hybridized carbons (Fsp3) is 0.550. The van der Waals surface area contributed by atoms with Crippen LogP contribution in [0.3, 0.4) is 0 Å². The predicted molar refractivity (Wildman–Crippen MR) is 106 cm³/mol. The number of ketones is 1. The van der Waals surface area contributed by atoms with E-state index in [0.29, 0.717) is 32.5 Å². The van der Waals surface area contributed by atoms with Gasteiger partial charge in [0.15, 0.2) is 5.78 Å². The van der Waals surface area contributed by atoms with Gasteiger partial charge < -0.3 is 9.64 Å². The maximum Gasteiger partial charge on any atom is 0.238 e. The van der Waals surface area contributed by atoms with Gasteiger partial charge in [0, 0.05) is 26.8 Å². The Labute approximate surface area is 161 Å². The minimum atomic E-state index is -1.20. The van der Waals surface area contributed by atoms with Crippen LogP contribution in [0.15, 0.2) is 24.3 Å². The minimum absolute atomic E-state index is 0.0482. The lowest BCUT2D eigenvalue weighted by Crippen LogP contribution is -2.47. The Morgan fingerprint density at radius 3 is 2.33 bits per heavy atom. The lowest BCUT2D eigenvalue weighted by molar-refractivity contribution is -0.155. The molecule has 7 heteroatoms. The van der Waals surface area contributed by atoms with E-state index in [1.54, 1.807) is 0 Å². The highest BCUT2D eigenvalue weighted by molar-refractivity contribution is 6.76. The van der Waals surface area contributed by atoms with Gasteiger partial charge >= 0.3 is 0 Å². The van der Waals surface area contributed by atoms with Crippen LogP contribution in [0.4, 0.5) is 5.69 Å². The topological polar surface area (TPSA) is 66.9 Å². The summed E-state index contributed by atoms with van der Waals surface area (Å²) in [6.45, 7) is 8.35. The first-order valence-corrected chi connectivity index (χ1v) is 13.2. The lowest BCUT2D eigenvalue weighted by atomic mass is 9.89. The second-order valence-electron chi connectivity index (χ2n) is 8.59. The lowest BCUT2D eigenvalue weighted by Gasteiger charge is -2.33.